The molecule has 1 fully saturated rings. The van der Waals surface area contributed by atoms with Gasteiger partial charge in [-0.25, -0.2) is 4.79 Å². The lowest BCUT2D eigenvalue weighted by Crippen LogP contribution is -2.51. The summed E-state index contributed by atoms with van der Waals surface area (Å²) in [6.07, 6.45) is -0.335. The minimum atomic E-state index is -0.975. The number of rotatable bonds is 2. The number of carbonyl (C=O) groups is 1. The van der Waals surface area contributed by atoms with Crippen molar-refractivity contribution in [3.05, 3.63) is 23.8 Å². The number of hydrogen-bond acceptors (Lipinski definition) is 4. The lowest BCUT2D eigenvalue weighted by molar-refractivity contribution is 0.0697. The molecule has 1 saturated heterocycles. The van der Waals surface area contributed by atoms with Crippen molar-refractivity contribution in [1.82, 2.24) is 0 Å². The van der Waals surface area contributed by atoms with E-state index in [1.165, 1.54) is 12.1 Å². The lowest BCUT2D eigenvalue weighted by Gasteiger charge is -2.38. The Morgan fingerprint density at radius 1 is 1.47 bits per heavy atom. The Hall–Kier alpha value is -1.75. The third-order valence-electron chi connectivity index (χ3n) is 2.48. The third-order valence-corrected chi connectivity index (χ3v) is 2.48. The maximum atomic E-state index is 10.7. The monoisotopic (exact) mass is 208 g/mol. The molecule has 0 amide bonds. The molecule has 0 bridgehead atoms. The van der Waals surface area contributed by atoms with Crippen molar-refractivity contribution in [2.24, 2.45) is 0 Å². The molecule has 4 N–H and O–H groups in total. The molecular formula is C10H12N2O3. The minimum Gasteiger partial charge on any atom is -0.478 e. The largest absolute Gasteiger partial charge is 0.478 e. The van der Waals surface area contributed by atoms with Crippen LogP contribution in [0.3, 0.4) is 0 Å². The molecule has 15 heavy (non-hydrogen) atoms. The van der Waals surface area contributed by atoms with Gasteiger partial charge < -0.3 is 20.8 Å². The predicted octanol–water partition coefficient (Wildman–Crippen LogP) is 0.148. The summed E-state index contributed by atoms with van der Waals surface area (Å²) >= 11 is 0. The van der Waals surface area contributed by atoms with Crippen LogP contribution in [0.15, 0.2) is 18.2 Å². The molecule has 80 valence electrons. The van der Waals surface area contributed by atoms with Crippen molar-refractivity contribution in [1.29, 1.82) is 0 Å². The number of carboxylic acids is 1. The number of benzene rings is 1. The zero-order chi connectivity index (χ0) is 11.0. The number of nitrogens with two attached hydrogens (primary N) is 1. The van der Waals surface area contributed by atoms with Crippen LogP contribution in [0.2, 0.25) is 0 Å². The van der Waals surface area contributed by atoms with E-state index in [1.54, 1.807) is 6.07 Å². The fourth-order valence-electron chi connectivity index (χ4n) is 1.60. The van der Waals surface area contributed by atoms with Gasteiger partial charge in [-0.1, -0.05) is 0 Å². The Bertz CT molecular complexity index is 400. The van der Waals surface area contributed by atoms with Crippen LogP contribution in [-0.2, 0) is 0 Å². The van der Waals surface area contributed by atoms with E-state index < -0.39 is 5.97 Å². The first-order chi connectivity index (χ1) is 7.08. The van der Waals surface area contributed by atoms with E-state index in [4.69, 9.17) is 15.9 Å². The van der Waals surface area contributed by atoms with Gasteiger partial charge in [0, 0.05) is 13.1 Å². The van der Waals surface area contributed by atoms with E-state index in [0.29, 0.717) is 24.5 Å². The van der Waals surface area contributed by atoms with Crippen LogP contribution in [0, 0.1) is 0 Å². The summed E-state index contributed by atoms with van der Waals surface area (Å²) < 4.78 is 0. The fraction of sp³-hybridized carbons (Fsp3) is 0.300. The van der Waals surface area contributed by atoms with Gasteiger partial charge in [-0.15, -0.1) is 0 Å². The van der Waals surface area contributed by atoms with E-state index in [0.717, 1.165) is 0 Å². The molecule has 2 rings (SSSR count). The van der Waals surface area contributed by atoms with Crippen molar-refractivity contribution >= 4 is 17.3 Å². The third kappa shape index (κ3) is 1.73. The summed E-state index contributed by atoms with van der Waals surface area (Å²) in [7, 11) is 0. The van der Waals surface area contributed by atoms with E-state index in [9.17, 15) is 4.79 Å². The molecule has 1 aliphatic rings. The standard InChI is InChI=1S/C10H12N2O3/c11-8-2-1-6(10(14)15)3-9(8)12-4-7(13)5-12/h1-3,7,13H,4-5,11H2,(H,14,15). The zero-order valence-corrected chi connectivity index (χ0v) is 8.05. The smallest absolute Gasteiger partial charge is 0.335 e. The molecule has 1 aliphatic heterocycles. The maximum absolute atomic E-state index is 10.7. The Morgan fingerprint density at radius 2 is 2.13 bits per heavy atom. The molecule has 0 radical (unpaired) electrons. The van der Waals surface area contributed by atoms with Crippen molar-refractivity contribution in [3.8, 4) is 0 Å². The predicted molar refractivity (Wildman–Crippen MR) is 56.0 cm³/mol. The number of nitrogen functional groups attached to an aromatic ring is 1. The van der Waals surface area contributed by atoms with Crippen LogP contribution < -0.4 is 10.6 Å². The number of β-amino-alcohol motifs (C(OH)–C–C–N with tert-alkyl or cyclic N) is 1. The van der Waals surface area contributed by atoms with Gasteiger partial charge in [-0.3, -0.25) is 0 Å². The van der Waals surface area contributed by atoms with Crippen molar-refractivity contribution in [3.63, 3.8) is 0 Å². The van der Waals surface area contributed by atoms with E-state index in [-0.39, 0.29) is 11.7 Å². The van der Waals surface area contributed by atoms with Gasteiger partial charge in [0.1, 0.15) is 0 Å². The topological polar surface area (TPSA) is 86.8 Å². The van der Waals surface area contributed by atoms with Crippen LogP contribution >= 0.6 is 0 Å². The second-order valence-corrected chi connectivity index (χ2v) is 3.64. The molecule has 0 atom stereocenters. The quantitative estimate of drug-likeness (QED) is 0.602. The Morgan fingerprint density at radius 3 is 2.67 bits per heavy atom. The van der Waals surface area contributed by atoms with Crippen LogP contribution in [0.4, 0.5) is 11.4 Å². The first-order valence-corrected chi connectivity index (χ1v) is 4.64. The van der Waals surface area contributed by atoms with E-state index >= 15 is 0 Å². The van der Waals surface area contributed by atoms with Gasteiger partial charge in [-0.05, 0) is 18.2 Å². The maximum Gasteiger partial charge on any atom is 0.335 e. The molecule has 0 unspecified atom stereocenters. The highest BCUT2D eigenvalue weighted by Gasteiger charge is 2.26. The second kappa shape index (κ2) is 3.43. The molecule has 5 heteroatoms. The molecule has 5 nitrogen and oxygen atoms in total. The van der Waals surface area contributed by atoms with Gasteiger partial charge in [0.15, 0.2) is 0 Å². The normalized spacial score (nSPS) is 16.2. The summed E-state index contributed by atoms with van der Waals surface area (Å²) in [4.78, 5) is 12.6. The van der Waals surface area contributed by atoms with Crippen LogP contribution in [0.5, 0.6) is 0 Å². The highest BCUT2D eigenvalue weighted by molar-refractivity contribution is 5.90. The number of aromatic carboxylic acids is 1. The summed E-state index contributed by atoms with van der Waals surface area (Å²) in [6, 6.07) is 4.57. The molecule has 1 aromatic carbocycles. The lowest BCUT2D eigenvalue weighted by atomic mass is 10.1. The van der Waals surface area contributed by atoms with Crippen molar-refractivity contribution in [2.75, 3.05) is 23.7 Å². The second-order valence-electron chi connectivity index (χ2n) is 3.64. The molecular weight excluding hydrogens is 196 g/mol. The van der Waals surface area contributed by atoms with Crippen LogP contribution in [-0.4, -0.2) is 35.4 Å². The molecule has 1 heterocycles. The molecule has 0 saturated carbocycles. The summed E-state index contributed by atoms with van der Waals surface area (Å²) in [6.45, 7) is 1.01. The van der Waals surface area contributed by atoms with Gasteiger partial charge in [-0.2, -0.15) is 0 Å². The highest BCUT2D eigenvalue weighted by atomic mass is 16.4. The number of hydrogen-bond donors (Lipinski definition) is 3. The van der Waals surface area contributed by atoms with E-state index in [1.807, 2.05) is 4.90 Å². The van der Waals surface area contributed by atoms with Crippen molar-refractivity contribution in [2.45, 2.75) is 6.10 Å². The number of carboxylic acid groups (broad SMARTS) is 1. The van der Waals surface area contributed by atoms with E-state index in [2.05, 4.69) is 0 Å². The molecule has 1 aromatic rings. The first kappa shape index (κ1) is 9.79. The number of aliphatic hydroxyl groups excluding tert-OH is 1. The number of nitrogens with zero attached hydrogens (tertiary/aromatic N) is 1. The van der Waals surface area contributed by atoms with Gasteiger partial charge in [0.25, 0.3) is 0 Å². The SMILES string of the molecule is Nc1ccc(C(=O)O)cc1N1CC(O)C1. The van der Waals surface area contributed by atoms with Gasteiger partial charge in [0.2, 0.25) is 0 Å². The summed E-state index contributed by atoms with van der Waals surface area (Å²) in [5.41, 5.74) is 7.15. The van der Waals surface area contributed by atoms with Crippen LogP contribution in [0.1, 0.15) is 10.4 Å². The first-order valence-electron chi connectivity index (χ1n) is 4.64. The molecule has 0 spiro atoms. The average Bonchev–Trinajstić information content (AvgIpc) is 2.14. The average molecular weight is 208 g/mol. The molecule has 0 aliphatic carbocycles. The zero-order valence-electron chi connectivity index (χ0n) is 8.05. The van der Waals surface area contributed by atoms with Gasteiger partial charge in [0.05, 0.1) is 23.0 Å². The summed E-state index contributed by atoms with van der Waals surface area (Å²) in [5.74, 6) is -0.975. The van der Waals surface area contributed by atoms with Crippen molar-refractivity contribution < 1.29 is 15.0 Å². The molecule has 0 aromatic heterocycles. The Kier molecular flexibility index (Phi) is 2.24. The fourth-order valence-corrected chi connectivity index (χ4v) is 1.60. The van der Waals surface area contributed by atoms with Crippen LogP contribution in [0.25, 0.3) is 0 Å². The van der Waals surface area contributed by atoms with Gasteiger partial charge >= 0.3 is 5.97 Å². The minimum absolute atomic E-state index is 0.209. The number of aliphatic hydroxyl groups is 1. The number of anilines is 2. The Labute approximate surface area is 86.7 Å². The summed E-state index contributed by atoms with van der Waals surface area (Å²) in [5, 5.41) is 18.0. The Balaban J connectivity index is 2.29. The highest BCUT2D eigenvalue weighted by Crippen LogP contribution is 2.28.